The van der Waals surface area contributed by atoms with E-state index in [2.05, 4.69) is 37.2 Å². The van der Waals surface area contributed by atoms with Crippen LogP contribution in [0.2, 0.25) is 0 Å². The van der Waals surface area contributed by atoms with Crippen molar-refractivity contribution in [3.63, 3.8) is 0 Å². The molecule has 1 heterocycles. The van der Waals surface area contributed by atoms with Crippen LogP contribution in [0.15, 0.2) is 38.6 Å². The van der Waals surface area contributed by atoms with Crippen molar-refractivity contribution in [2.45, 2.75) is 6.42 Å². The van der Waals surface area contributed by atoms with Gasteiger partial charge in [-0.3, -0.25) is 4.79 Å². The molecule has 0 spiro atoms. The molecule has 0 aliphatic heterocycles. The van der Waals surface area contributed by atoms with E-state index < -0.39 is 0 Å². The van der Waals surface area contributed by atoms with Gasteiger partial charge >= 0.3 is 0 Å². The van der Waals surface area contributed by atoms with Gasteiger partial charge in [-0.15, -0.1) is 11.3 Å². The molecule has 0 atom stereocenters. The summed E-state index contributed by atoms with van der Waals surface area (Å²) in [5.74, 6) is -0.383. The Hall–Kier alpha value is -0.720. The van der Waals surface area contributed by atoms with Crippen molar-refractivity contribution in [3.05, 3.63) is 54.8 Å². The minimum absolute atomic E-state index is 0.146. The topological polar surface area (TPSA) is 29.1 Å². The highest BCUT2D eigenvalue weighted by Crippen LogP contribution is 2.32. The van der Waals surface area contributed by atoms with E-state index in [9.17, 15) is 9.18 Å². The lowest BCUT2D eigenvalue weighted by molar-refractivity contribution is 0.0958. The summed E-state index contributed by atoms with van der Waals surface area (Å²) < 4.78 is 15.1. The third-order valence-corrected chi connectivity index (χ3v) is 5.76. The Kier molecular flexibility index (Phi) is 5.13. The fourth-order valence-electron chi connectivity index (χ4n) is 1.56. The second kappa shape index (κ2) is 6.63. The quantitative estimate of drug-likeness (QED) is 0.801. The van der Waals surface area contributed by atoms with E-state index in [1.54, 1.807) is 24.3 Å². The molecule has 1 amide bonds. The number of carbonyl (C=O) groups is 1. The average Bonchev–Trinajstić information content (AvgIpc) is 2.72. The number of rotatable bonds is 4. The average molecular weight is 407 g/mol. The van der Waals surface area contributed by atoms with Gasteiger partial charge in [-0.25, -0.2) is 4.39 Å². The molecule has 0 fully saturated rings. The van der Waals surface area contributed by atoms with Gasteiger partial charge in [-0.05, 0) is 56.0 Å². The summed E-state index contributed by atoms with van der Waals surface area (Å²) in [7, 11) is 0. The van der Waals surface area contributed by atoms with Crippen LogP contribution in [0.1, 0.15) is 15.2 Å². The number of hydrogen-bond acceptors (Lipinski definition) is 2. The first-order chi connectivity index (χ1) is 9.08. The van der Waals surface area contributed by atoms with E-state index >= 15 is 0 Å². The minimum Gasteiger partial charge on any atom is -0.351 e. The van der Waals surface area contributed by atoms with E-state index in [4.69, 9.17) is 0 Å². The normalized spacial score (nSPS) is 10.5. The van der Waals surface area contributed by atoms with Crippen molar-refractivity contribution in [1.29, 1.82) is 0 Å². The van der Waals surface area contributed by atoms with E-state index in [0.717, 1.165) is 8.26 Å². The summed E-state index contributed by atoms with van der Waals surface area (Å²) in [4.78, 5) is 12.5. The van der Waals surface area contributed by atoms with Gasteiger partial charge in [0.2, 0.25) is 0 Å². The zero-order valence-corrected chi connectivity index (χ0v) is 13.7. The number of amides is 1. The molecule has 2 aromatic rings. The van der Waals surface area contributed by atoms with E-state index in [1.165, 1.54) is 17.4 Å². The van der Waals surface area contributed by atoms with Crippen molar-refractivity contribution in [2.75, 3.05) is 6.54 Å². The third-order valence-electron chi connectivity index (χ3n) is 2.51. The van der Waals surface area contributed by atoms with Crippen molar-refractivity contribution >= 4 is 49.1 Å². The van der Waals surface area contributed by atoms with E-state index in [-0.39, 0.29) is 11.7 Å². The third kappa shape index (κ3) is 3.87. The number of thiophene rings is 1. The van der Waals surface area contributed by atoms with E-state index in [1.807, 2.05) is 0 Å². The van der Waals surface area contributed by atoms with Crippen LogP contribution in [0.25, 0.3) is 0 Å². The maximum absolute atomic E-state index is 13.4. The van der Waals surface area contributed by atoms with Gasteiger partial charge in [-0.2, -0.15) is 0 Å². The molecule has 1 aromatic carbocycles. The van der Waals surface area contributed by atoms with Crippen LogP contribution in [0.4, 0.5) is 4.39 Å². The van der Waals surface area contributed by atoms with Gasteiger partial charge in [0.05, 0.1) is 8.66 Å². The van der Waals surface area contributed by atoms with Crippen LogP contribution in [-0.2, 0) is 6.42 Å². The molecule has 1 aromatic heterocycles. The number of nitrogens with one attached hydrogen (secondary N) is 1. The van der Waals surface area contributed by atoms with Crippen LogP contribution >= 0.6 is 43.2 Å². The highest BCUT2D eigenvalue weighted by molar-refractivity contribution is 9.13. The summed E-state index contributed by atoms with van der Waals surface area (Å²) in [6.45, 7) is 0.410. The summed E-state index contributed by atoms with van der Waals surface area (Å²) in [5, 5.41) is 2.78. The Morgan fingerprint density at radius 1 is 1.32 bits per heavy atom. The molecule has 2 nitrogen and oxygen atoms in total. The summed E-state index contributed by atoms with van der Waals surface area (Å²) in [6.07, 6.45) is 0.478. The first kappa shape index (κ1) is 14.7. The lowest BCUT2D eigenvalue weighted by Crippen LogP contribution is -2.25. The van der Waals surface area contributed by atoms with Gasteiger partial charge in [0.25, 0.3) is 5.91 Å². The van der Waals surface area contributed by atoms with Crippen LogP contribution in [-0.4, -0.2) is 12.5 Å². The highest BCUT2D eigenvalue weighted by atomic mass is 79.9. The SMILES string of the molecule is O=C(NCCc1ccccc1F)c1cc(Br)c(Br)s1. The van der Waals surface area contributed by atoms with Gasteiger partial charge < -0.3 is 5.32 Å². The molecule has 2 rings (SSSR count). The molecule has 100 valence electrons. The minimum atomic E-state index is -0.238. The number of halogens is 3. The van der Waals surface area contributed by atoms with Crippen molar-refractivity contribution < 1.29 is 9.18 Å². The molecule has 19 heavy (non-hydrogen) atoms. The Bertz CT molecular complexity index is 581. The molecule has 0 aliphatic rings. The smallest absolute Gasteiger partial charge is 0.261 e. The summed E-state index contributed by atoms with van der Waals surface area (Å²) in [6, 6.07) is 8.34. The first-order valence-corrected chi connectivity index (χ1v) is 7.94. The van der Waals surface area contributed by atoms with Crippen LogP contribution < -0.4 is 5.32 Å². The summed E-state index contributed by atoms with van der Waals surface area (Å²) >= 11 is 8.03. The Morgan fingerprint density at radius 3 is 2.68 bits per heavy atom. The zero-order chi connectivity index (χ0) is 13.8. The fraction of sp³-hybridized carbons (Fsp3) is 0.154. The van der Waals surface area contributed by atoms with Gasteiger partial charge in [-0.1, -0.05) is 18.2 Å². The van der Waals surface area contributed by atoms with Crippen molar-refractivity contribution in [3.8, 4) is 0 Å². The summed E-state index contributed by atoms with van der Waals surface area (Å²) in [5.41, 5.74) is 0.608. The molecular weight excluding hydrogens is 397 g/mol. The van der Waals surface area contributed by atoms with Crippen molar-refractivity contribution in [2.24, 2.45) is 0 Å². The number of benzene rings is 1. The second-order valence-electron chi connectivity index (χ2n) is 3.83. The first-order valence-electron chi connectivity index (χ1n) is 5.54. The lowest BCUT2D eigenvalue weighted by Gasteiger charge is -2.04. The molecular formula is C13H10Br2FNOS. The molecule has 6 heteroatoms. The number of carbonyl (C=O) groups excluding carboxylic acids is 1. The van der Waals surface area contributed by atoms with E-state index in [0.29, 0.717) is 23.4 Å². The Labute approximate surface area is 131 Å². The fourth-order valence-corrected chi connectivity index (χ4v) is 3.51. The maximum atomic E-state index is 13.4. The van der Waals surface area contributed by atoms with Crippen LogP contribution in [0.5, 0.6) is 0 Å². The van der Waals surface area contributed by atoms with Gasteiger partial charge in [0, 0.05) is 11.0 Å². The zero-order valence-electron chi connectivity index (χ0n) is 9.75. The molecule has 0 bridgehead atoms. The Balaban J connectivity index is 1.89. The lowest BCUT2D eigenvalue weighted by atomic mass is 10.1. The molecule has 0 aliphatic carbocycles. The van der Waals surface area contributed by atoms with Crippen LogP contribution in [0.3, 0.4) is 0 Å². The molecule has 0 saturated carbocycles. The Morgan fingerprint density at radius 2 is 2.05 bits per heavy atom. The standard InChI is InChI=1S/C13H10Br2FNOS/c14-9-7-11(19-12(9)15)13(18)17-6-5-8-3-1-2-4-10(8)16/h1-4,7H,5-6H2,(H,17,18). The monoisotopic (exact) mass is 405 g/mol. The molecule has 1 N–H and O–H groups in total. The number of hydrogen-bond donors (Lipinski definition) is 1. The second-order valence-corrected chi connectivity index (χ2v) is 7.05. The van der Waals surface area contributed by atoms with Gasteiger partial charge in [0.15, 0.2) is 0 Å². The highest BCUT2D eigenvalue weighted by Gasteiger charge is 2.11. The van der Waals surface area contributed by atoms with Gasteiger partial charge in [0.1, 0.15) is 5.82 Å². The molecule has 0 saturated heterocycles. The molecule has 0 unspecified atom stereocenters. The predicted molar refractivity (Wildman–Crippen MR) is 82.2 cm³/mol. The maximum Gasteiger partial charge on any atom is 0.261 e. The predicted octanol–water partition coefficient (Wildman–Crippen LogP) is 4.38. The molecule has 0 radical (unpaired) electrons. The van der Waals surface area contributed by atoms with Crippen molar-refractivity contribution in [1.82, 2.24) is 5.32 Å². The van der Waals surface area contributed by atoms with Crippen LogP contribution in [0, 0.1) is 5.82 Å². The largest absolute Gasteiger partial charge is 0.351 e.